The van der Waals surface area contributed by atoms with Crippen molar-refractivity contribution in [2.45, 2.75) is 99.9 Å². The summed E-state index contributed by atoms with van der Waals surface area (Å²) in [4.78, 5) is 0. The van der Waals surface area contributed by atoms with E-state index in [0.717, 1.165) is 0 Å². The van der Waals surface area contributed by atoms with Crippen LogP contribution in [0.5, 0.6) is 0 Å². The van der Waals surface area contributed by atoms with Gasteiger partial charge in [-0.05, 0) is 6.42 Å². The first kappa shape index (κ1) is 27.1. The summed E-state index contributed by atoms with van der Waals surface area (Å²) in [5, 5.41) is 52.0. The molecule has 13 N–H and O–H groups in total. The van der Waals surface area contributed by atoms with Gasteiger partial charge in [0.05, 0.1) is 12.2 Å². The van der Waals surface area contributed by atoms with Gasteiger partial charge in [0.15, 0.2) is 12.6 Å². The lowest BCUT2D eigenvalue weighted by molar-refractivity contribution is -0.323. The lowest BCUT2D eigenvalue weighted by Gasteiger charge is -2.48. The Hall–Kier alpha value is -0.520. The lowest BCUT2D eigenvalue weighted by Crippen LogP contribution is -2.66. The molecule has 7 unspecified atom stereocenters. The third kappa shape index (κ3) is 5.35. The van der Waals surface area contributed by atoms with Crippen molar-refractivity contribution in [1.29, 1.82) is 0 Å². The van der Waals surface area contributed by atoms with Gasteiger partial charge < -0.3 is 67.4 Å². The minimum Gasteiger partial charge on any atom is -0.390 e. The highest BCUT2D eigenvalue weighted by molar-refractivity contribution is 5.00. The largest absolute Gasteiger partial charge is 0.390 e. The summed E-state index contributed by atoms with van der Waals surface area (Å²) in [6.07, 6.45) is -11.3. The Kier molecular flexibility index (Phi) is 9.05. The molecule has 0 spiro atoms. The zero-order valence-electron chi connectivity index (χ0n) is 19.0. The number of hydrogen-bond acceptors (Lipinski definition) is 13. The van der Waals surface area contributed by atoms with E-state index in [2.05, 4.69) is 0 Å². The van der Waals surface area contributed by atoms with Crippen LogP contribution in [0.3, 0.4) is 0 Å². The number of ether oxygens (including phenoxy) is 4. The summed E-state index contributed by atoms with van der Waals surface area (Å²) < 4.78 is 23.4. The van der Waals surface area contributed by atoms with Gasteiger partial charge in [-0.3, -0.25) is 0 Å². The van der Waals surface area contributed by atoms with Gasteiger partial charge in [-0.15, -0.1) is 0 Å². The highest BCUT2D eigenvalue weighted by atomic mass is 16.7. The second kappa shape index (κ2) is 11.0. The molecule has 33 heavy (non-hydrogen) atoms. The number of aliphatic hydroxyl groups is 5. The summed E-state index contributed by atoms with van der Waals surface area (Å²) in [5.74, 6) is -1.25. The molecule has 0 aromatic heterocycles. The van der Waals surface area contributed by atoms with E-state index in [0.29, 0.717) is 0 Å². The van der Waals surface area contributed by atoms with Gasteiger partial charge in [0, 0.05) is 37.0 Å². The van der Waals surface area contributed by atoms with E-state index < -0.39 is 91.4 Å². The van der Waals surface area contributed by atoms with Crippen LogP contribution in [0.15, 0.2) is 0 Å². The van der Waals surface area contributed by atoms with Crippen molar-refractivity contribution in [3.8, 4) is 0 Å². The molecule has 2 heterocycles. The van der Waals surface area contributed by atoms with Crippen LogP contribution in [-0.2, 0) is 18.9 Å². The molecule has 0 radical (unpaired) electrons. The fourth-order valence-electron chi connectivity index (χ4n) is 4.79. The number of nitrogens with two attached hydrogens (primary N) is 4. The van der Waals surface area contributed by atoms with Gasteiger partial charge in [0.2, 0.25) is 0 Å². The molecule has 3 aliphatic rings. The maximum Gasteiger partial charge on any atom is 0.163 e. The molecule has 194 valence electrons. The Morgan fingerprint density at radius 2 is 1.03 bits per heavy atom. The average Bonchev–Trinajstić information content (AvgIpc) is 2.79. The highest BCUT2D eigenvalue weighted by Gasteiger charge is 2.50. The molecule has 13 nitrogen and oxygen atoms in total. The summed E-state index contributed by atoms with van der Waals surface area (Å²) >= 11 is 0. The quantitative estimate of drug-likeness (QED) is 0.174. The molecule has 0 aromatic carbocycles. The standard InChI is InChI=1S/C20H40N4O9/c1-6-12(25)14(27)10(4-21)30-19(6)32-17-8(23)3-9(24)18(16(17)29)33-20-7(2)13(26)15(28)11(5-22)31-20/h6-20,25-29H,3-5,21-24H2,1-2H3/t6-,7+,8?,9?,10?,11?,12?,13?,14-,15+,16?,17-,18+,19-,20-/m0/s1. The molecule has 3 fully saturated rings. The van der Waals surface area contributed by atoms with E-state index in [1.165, 1.54) is 0 Å². The smallest absolute Gasteiger partial charge is 0.163 e. The number of hydrogen-bond donors (Lipinski definition) is 9. The van der Waals surface area contributed by atoms with E-state index in [-0.39, 0.29) is 19.5 Å². The summed E-state index contributed by atoms with van der Waals surface area (Å²) in [6.45, 7) is 3.22. The van der Waals surface area contributed by atoms with Crippen LogP contribution in [0, 0.1) is 11.8 Å². The first-order valence-corrected chi connectivity index (χ1v) is 11.4. The van der Waals surface area contributed by atoms with Crippen molar-refractivity contribution < 1.29 is 44.5 Å². The first-order chi connectivity index (χ1) is 15.5. The second-order valence-electron chi connectivity index (χ2n) is 9.49. The fourth-order valence-corrected chi connectivity index (χ4v) is 4.79. The van der Waals surface area contributed by atoms with Gasteiger partial charge in [0.1, 0.15) is 42.7 Å². The Labute approximate surface area is 192 Å². The van der Waals surface area contributed by atoms with Crippen LogP contribution < -0.4 is 22.9 Å². The van der Waals surface area contributed by atoms with E-state index in [4.69, 9.17) is 41.9 Å². The van der Waals surface area contributed by atoms with E-state index in [1.807, 2.05) is 0 Å². The molecule has 15 atom stereocenters. The van der Waals surface area contributed by atoms with Gasteiger partial charge in [0.25, 0.3) is 0 Å². The second-order valence-corrected chi connectivity index (χ2v) is 9.49. The zero-order valence-corrected chi connectivity index (χ0v) is 19.0. The van der Waals surface area contributed by atoms with Crippen molar-refractivity contribution in [1.82, 2.24) is 0 Å². The van der Waals surface area contributed by atoms with E-state index >= 15 is 0 Å². The van der Waals surface area contributed by atoms with Crippen molar-refractivity contribution in [3.05, 3.63) is 0 Å². The van der Waals surface area contributed by atoms with E-state index in [9.17, 15) is 25.5 Å². The maximum absolute atomic E-state index is 11.1. The van der Waals surface area contributed by atoms with Crippen molar-refractivity contribution >= 4 is 0 Å². The Balaban J connectivity index is 1.72. The van der Waals surface area contributed by atoms with E-state index in [1.54, 1.807) is 13.8 Å². The summed E-state index contributed by atoms with van der Waals surface area (Å²) in [7, 11) is 0. The third-order valence-corrected chi connectivity index (χ3v) is 7.12. The molecule has 0 bridgehead atoms. The molecule has 3 rings (SSSR count). The van der Waals surface area contributed by atoms with Gasteiger partial charge >= 0.3 is 0 Å². The predicted molar refractivity (Wildman–Crippen MR) is 114 cm³/mol. The zero-order chi connectivity index (χ0) is 24.6. The molecule has 13 heteroatoms. The van der Waals surface area contributed by atoms with Gasteiger partial charge in [-0.2, -0.15) is 0 Å². The summed E-state index contributed by atoms with van der Waals surface area (Å²) in [6, 6.07) is -1.33. The number of aliphatic hydroxyl groups excluding tert-OH is 5. The predicted octanol–water partition coefficient (Wildman–Crippen LogP) is -4.74. The Morgan fingerprint density at radius 3 is 1.36 bits per heavy atom. The molecule has 0 aromatic rings. The third-order valence-electron chi connectivity index (χ3n) is 7.12. The monoisotopic (exact) mass is 480 g/mol. The topological polar surface area (TPSA) is 242 Å². The number of rotatable bonds is 6. The highest BCUT2D eigenvalue weighted by Crippen LogP contribution is 2.34. The van der Waals surface area contributed by atoms with Gasteiger partial charge in [-0.25, -0.2) is 0 Å². The van der Waals surface area contributed by atoms with Crippen LogP contribution in [0.1, 0.15) is 20.3 Å². The van der Waals surface area contributed by atoms with Gasteiger partial charge in [-0.1, -0.05) is 13.8 Å². The lowest BCUT2D eigenvalue weighted by atomic mass is 9.83. The molecule has 1 aliphatic carbocycles. The van der Waals surface area contributed by atoms with Crippen molar-refractivity contribution in [3.63, 3.8) is 0 Å². The molecule has 2 saturated heterocycles. The molecule has 1 saturated carbocycles. The SMILES string of the molecule is C[C@@H]1C(O)[C@H](O)C(CN)O[C@H]1O[C@@H]1C(N)CC(N)[C@H](O[C@@H]2OC(CN)[C@H](O)C(O)[C@@H]2C)C1O. The van der Waals surface area contributed by atoms with Crippen molar-refractivity contribution in [2.75, 3.05) is 13.1 Å². The molecular weight excluding hydrogens is 440 g/mol. The molecule has 0 amide bonds. The van der Waals surface area contributed by atoms with Crippen LogP contribution in [0.25, 0.3) is 0 Å². The summed E-state index contributed by atoms with van der Waals surface area (Å²) in [5.41, 5.74) is 23.7. The van der Waals surface area contributed by atoms with Crippen molar-refractivity contribution in [2.24, 2.45) is 34.8 Å². The average molecular weight is 481 g/mol. The normalized spacial score (nSPS) is 53.7. The Bertz CT molecular complexity index is 582. The van der Waals surface area contributed by atoms with Crippen LogP contribution in [-0.4, -0.2) is 118 Å². The van der Waals surface area contributed by atoms with Crippen LogP contribution in [0.2, 0.25) is 0 Å². The minimum absolute atomic E-state index is 0.0336. The molecular formula is C20H40N4O9. The minimum atomic E-state index is -1.30. The Morgan fingerprint density at radius 1 is 0.667 bits per heavy atom. The molecule has 2 aliphatic heterocycles. The van der Waals surface area contributed by atoms with Crippen LogP contribution >= 0.6 is 0 Å². The first-order valence-electron chi connectivity index (χ1n) is 11.4. The fraction of sp³-hybridized carbons (Fsp3) is 1.00. The van der Waals surface area contributed by atoms with Crippen LogP contribution in [0.4, 0.5) is 0 Å². The maximum atomic E-state index is 11.1.